The van der Waals surface area contributed by atoms with Crippen molar-refractivity contribution in [2.24, 2.45) is 0 Å². The Hall–Kier alpha value is -3.31. The second kappa shape index (κ2) is 13.8. The second-order valence-electron chi connectivity index (χ2n) is 8.35. The highest BCUT2D eigenvalue weighted by Gasteiger charge is 2.51. The molecular weight excluding hydrogens is 484 g/mol. The first-order chi connectivity index (χ1) is 17.8. The number of carbonyl (C=O) groups excluding carboxylic acids is 3. The van der Waals surface area contributed by atoms with Crippen molar-refractivity contribution in [2.75, 3.05) is 13.2 Å². The summed E-state index contributed by atoms with van der Waals surface area (Å²) in [7, 11) is 0. The van der Waals surface area contributed by atoms with E-state index in [9.17, 15) is 19.5 Å². The third kappa shape index (κ3) is 8.09. The number of benzene rings is 2. The highest BCUT2D eigenvalue weighted by atomic mass is 16.7. The zero-order valence-electron chi connectivity index (χ0n) is 21.0. The average Bonchev–Trinajstić information content (AvgIpc) is 2.87. The number of carbonyl (C=O) groups is 3. The normalized spacial score (nSPS) is 24.1. The monoisotopic (exact) mass is 516 g/mol. The van der Waals surface area contributed by atoms with Gasteiger partial charge in [-0.05, 0) is 18.1 Å². The molecule has 6 atom stereocenters. The van der Waals surface area contributed by atoms with Gasteiger partial charge in [-0.1, -0.05) is 60.7 Å². The predicted molar refractivity (Wildman–Crippen MR) is 129 cm³/mol. The average molecular weight is 517 g/mol. The highest BCUT2D eigenvalue weighted by Crippen LogP contribution is 2.32. The van der Waals surface area contributed by atoms with Crippen molar-refractivity contribution in [2.45, 2.75) is 64.2 Å². The molecule has 1 fully saturated rings. The van der Waals surface area contributed by atoms with Gasteiger partial charge in [-0.3, -0.25) is 9.59 Å². The molecule has 200 valence electrons. The summed E-state index contributed by atoms with van der Waals surface area (Å²) in [5.74, 6) is -1.92. The fourth-order valence-electron chi connectivity index (χ4n) is 3.94. The quantitative estimate of drug-likeness (QED) is 0.351. The maximum absolute atomic E-state index is 12.8. The van der Waals surface area contributed by atoms with E-state index in [4.69, 9.17) is 28.4 Å². The summed E-state index contributed by atoms with van der Waals surface area (Å²) < 4.78 is 33.7. The van der Waals surface area contributed by atoms with Crippen LogP contribution in [0.2, 0.25) is 0 Å². The zero-order valence-corrected chi connectivity index (χ0v) is 21.0. The number of esters is 3. The molecule has 1 aliphatic heterocycles. The molecule has 1 unspecified atom stereocenters. The molecule has 0 aliphatic carbocycles. The van der Waals surface area contributed by atoms with E-state index in [0.717, 1.165) is 5.56 Å². The molecule has 0 amide bonds. The van der Waals surface area contributed by atoms with E-state index in [1.807, 2.05) is 30.3 Å². The minimum atomic E-state index is -1.65. The van der Waals surface area contributed by atoms with Crippen LogP contribution in [0.25, 0.3) is 0 Å². The van der Waals surface area contributed by atoms with Crippen molar-refractivity contribution >= 4 is 17.9 Å². The lowest BCUT2D eigenvalue weighted by Crippen LogP contribution is -2.62. The van der Waals surface area contributed by atoms with Gasteiger partial charge in [0.25, 0.3) is 0 Å². The Bertz CT molecular complexity index is 1010. The predicted octanol–water partition coefficient (Wildman–Crippen LogP) is 2.47. The van der Waals surface area contributed by atoms with Crippen LogP contribution in [0.5, 0.6) is 0 Å². The van der Waals surface area contributed by atoms with Gasteiger partial charge in [-0.25, -0.2) is 4.79 Å². The molecule has 1 heterocycles. The van der Waals surface area contributed by atoms with Gasteiger partial charge in [0.15, 0.2) is 18.5 Å². The SMILES string of the molecule is CCOC(=O)[C@H](O[C@H]1C(O)O[C@H](COC(C)=O)[C@H](OCc2ccccc2)[C@@H]1OC(C)=O)c1ccccc1. The molecule has 10 nitrogen and oxygen atoms in total. The van der Waals surface area contributed by atoms with Crippen LogP contribution in [0.3, 0.4) is 0 Å². The molecule has 0 radical (unpaired) electrons. The van der Waals surface area contributed by atoms with Crippen LogP contribution in [-0.4, -0.2) is 66.9 Å². The summed E-state index contributed by atoms with van der Waals surface area (Å²) in [6.45, 7) is 4.04. The van der Waals surface area contributed by atoms with Crippen LogP contribution < -0.4 is 0 Å². The number of aliphatic hydroxyl groups is 1. The molecule has 1 saturated heterocycles. The largest absolute Gasteiger partial charge is 0.464 e. The number of aliphatic hydroxyl groups excluding tert-OH is 1. The van der Waals surface area contributed by atoms with Gasteiger partial charge in [0.2, 0.25) is 0 Å². The van der Waals surface area contributed by atoms with Gasteiger partial charge in [-0.15, -0.1) is 0 Å². The number of ether oxygens (including phenoxy) is 6. The molecule has 0 bridgehead atoms. The molecular formula is C27H32O10. The number of rotatable bonds is 11. The first-order valence-corrected chi connectivity index (χ1v) is 12.0. The van der Waals surface area contributed by atoms with E-state index < -0.39 is 54.7 Å². The lowest BCUT2D eigenvalue weighted by atomic mass is 9.97. The molecule has 2 aromatic rings. The van der Waals surface area contributed by atoms with Gasteiger partial charge in [0.05, 0.1) is 13.2 Å². The van der Waals surface area contributed by atoms with E-state index in [1.165, 1.54) is 13.8 Å². The number of hydrogen-bond acceptors (Lipinski definition) is 10. The van der Waals surface area contributed by atoms with E-state index in [1.54, 1.807) is 37.3 Å². The molecule has 0 spiro atoms. The molecule has 0 saturated carbocycles. The number of hydrogen-bond donors (Lipinski definition) is 1. The Balaban J connectivity index is 1.93. The minimum Gasteiger partial charge on any atom is -0.464 e. The lowest BCUT2D eigenvalue weighted by molar-refractivity contribution is -0.313. The zero-order chi connectivity index (χ0) is 26.8. The maximum Gasteiger partial charge on any atom is 0.339 e. The summed E-state index contributed by atoms with van der Waals surface area (Å²) in [4.78, 5) is 36.4. The van der Waals surface area contributed by atoms with Crippen LogP contribution in [0, 0.1) is 0 Å². The summed E-state index contributed by atoms with van der Waals surface area (Å²) in [5, 5.41) is 10.9. The molecule has 2 aromatic carbocycles. The molecule has 3 rings (SSSR count). The van der Waals surface area contributed by atoms with Crippen molar-refractivity contribution in [1.82, 2.24) is 0 Å². The lowest BCUT2D eigenvalue weighted by Gasteiger charge is -2.44. The Morgan fingerprint density at radius 3 is 2.14 bits per heavy atom. The van der Waals surface area contributed by atoms with Gasteiger partial charge in [0, 0.05) is 13.8 Å². The fourth-order valence-corrected chi connectivity index (χ4v) is 3.94. The van der Waals surface area contributed by atoms with Crippen LogP contribution in [0.4, 0.5) is 0 Å². The third-order valence-electron chi connectivity index (χ3n) is 5.54. The fraction of sp³-hybridized carbons (Fsp3) is 0.444. The van der Waals surface area contributed by atoms with E-state index in [-0.39, 0.29) is 19.8 Å². The van der Waals surface area contributed by atoms with Gasteiger partial charge in [-0.2, -0.15) is 0 Å². The Kier molecular flexibility index (Phi) is 10.6. The summed E-state index contributed by atoms with van der Waals surface area (Å²) in [5.41, 5.74) is 1.30. The summed E-state index contributed by atoms with van der Waals surface area (Å²) >= 11 is 0. The van der Waals surface area contributed by atoms with Crippen molar-refractivity contribution < 1.29 is 47.9 Å². The smallest absolute Gasteiger partial charge is 0.339 e. The summed E-state index contributed by atoms with van der Waals surface area (Å²) in [6.07, 6.45) is -7.47. The molecule has 37 heavy (non-hydrogen) atoms. The Morgan fingerprint density at radius 1 is 0.892 bits per heavy atom. The van der Waals surface area contributed by atoms with Crippen molar-refractivity contribution in [3.05, 3.63) is 71.8 Å². The van der Waals surface area contributed by atoms with E-state index in [2.05, 4.69) is 0 Å². The van der Waals surface area contributed by atoms with Crippen molar-refractivity contribution in [3.63, 3.8) is 0 Å². The van der Waals surface area contributed by atoms with E-state index >= 15 is 0 Å². The van der Waals surface area contributed by atoms with Crippen LogP contribution >= 0.6 is 0 Å². The van der Waals surface area contributed by atoms with Crippen molar-refractivity contribution in [1.29, 1.82) is 0 Å². The molecule has 0 aromatic heterocycles. The van der Waals surface area contributed by atoms with Gasteiger partial charge < -0.3 is 33.5 Å². The topological polar surface area (TPSA) is 127 Å². The molecule has 1 N–H and O–H groups in total. The first-order valence-electron chi connectivity index (χ1n) is 12.0. The van der Waals surface area contributed by atoms with Crippen LogP contribution in [0.15, 0.2) is 60.7 Å². The standard InChI is InChI=1S/C27H32O10/c1-4-32-26(30)22(20-13-9-6-10-14-20)37-25-24(35-18(3)29)23(34-15-19-11-7-5-8-12-19)21(36-27(25)31)16-33-17(2)28/h5-14,21-25,27,31H,4,15-16H2,1-3H3/t21-,22-,23+,24+,25-,27?/m1/s1. The van der Waals surface area contributed by atoms with Gasteiger partial charge >= 0.3 is 17.9 Å². The van der Waals surface area contributed by atoms with Crippen molar-refractivity contribution in [3.8, 4) is 0 Å². The van der Waals surface area contributed by atoms with Crippen LogP contribution in [-0.2, 0) is 49.4 Å². The molecule has 10 heteroatoms. The first kappa shape index (κ1) is 28.3. The van der Waals surface area contributed by atoms with E-state index in [0.29, 0.717) is 5.56 Å². The second-order valence-corrected chi connectivity index (χ2v) is 8.35. The van der Waals surface area contributed by atoms with Gasteiger partial charge in [0.1, 0.15) is 24.9 Å². The maximum atomic E-state index is 12.8. The minimum absolute atomic E-state index is 0.103. The summed E-state index contributed by atoms with van der Waals surface area (Å²) in [6, 6.07) is 17.8. The molecule has 1 aliphatic rings. The highest BCUT2D eigenvalue weighted by molar-refractivity contribution is 5.76. The Labute approximate surface area is 215 Å². The Morgan fingerprint density at radius 2 is 1.54 bits per heavy atom. The van der Waals surface area contributed by atoms with Crippen LogP contribution in [0.1, 0.15) is 38.0 Å². The third-order valence-corrected chi connectivity index (χ3v) is 5.54.